The van der Waals surface area contributed by atoms with Gasteiger partial charge in [-0.15, -0.1) is 11.3 Å². The van der Waals surface area contributed by atoms with Crippen molar-refractivity contribution in [2.75, 3.05) is 13.1 Å². The Hall–Kier alpha value is -0.430. The number of hydrogen-bond acceptors (Lipinski definition) is 4. The summed E-state index contributed by atoms with van der Waals surface area (Å²) in [5.74, 6) is 0.0542. The SMILES string of the molecule is CCC1CN(S(=O)(=O)c2cccs2)CCC1O. The summed E-state index contributed by atoms with van der Waals surface area (Å²) in [5.41, 5.74) is 0. The van der Waals surface area contributed by atoms with Gasteiger partial charge in [0.1, 0.15) is 4.21 Å². The predicted octanol–water partition coefficient (Wildman–Crippen LogP) is 1.53. The zero-order valence-corrected chi connectivity index (χ0v) is 11.4. The van der Waals surface area contributed by atoms with Crippen molar-refractivity contribution in [2.45, 2.75) is 30.1 Å². The van der Waals surface area contributed by atoms with Gasteiger partial charge in [-0.2, -0.15) is 4.31 Å². The number of aliphatic hydroxyl groups is 1. The molecule has 2 rings (SSSR count). The molecule has 0 saturated carbocycles. The summed E-state index contributed by atoms with van der Waals surface area (Å²) < 4.78 is 26.4. The van der Waals surface area contributed by atoms with Crippen molar-refractivity contribution in [3.8, 4) is 0 Å². The Labute approximate surface area is 106 Å². The predicted molar refractivity (Wildman–Crippen MR) is 67.5 cm³/mol. The quantitative estimate of drug-likeness (QED) is 0.910. The van der Waals surface area contributed by atoms with Gasteiger partial charge in [0, 0.05) is 13.1 Å². The van der Waals surface area contributed by atoms with Crippen LogP contribution < -0.4 is 0 Å². The molecule has 0 aromatic carbocycles. The lowest BCUT2D eigenvalue weighted by Crippen LogP contribution is -2.45. The van der Waals surface area contributed by atoms with Gasteiger partial charge >= 0.3 is 0 Å². The van der Waals surface area contributed by atoms with Crippen LogP contribution in [0.2, 0.25) is 0 Å². The normalized spacial score (nSPS) is 27.2. The summed E-state index contributed by atoms with van der Waals surface area (Å²) >= 11 is 1.24. The van der Waals surface area contributed by atoms with Crippen molar-refractivity contribution >= 4 is 21.4 Å². The van der Waals surface area contributed by atoms with Crippen LogP contribution >= 0.6 is 11.3 Å². The van der Waals surface area contributed by atoms with Crippen LogP contribution in [0, 0.1) is 5.92 Å². The van der Waals surface area contributed by atoms with Crippen LogP contribution in [0.1, 0.15) is 19.8 Å². The smallest absolute Gasteiger partial charge is 0.252 e. The Balaban J connectivity index is 2.19. The highest BCUT2D eigenvalue weighted by Crippen LogP contribution is 2.27. The first-order chi connectivity index (χ1) is 8.05. The van der Waals surface area contributed by atoms with Gasteiger partial charge < -0.3 is 5.11 Å². The number of thiophene rings is 1. The summed E-state index contributed by atoms with van der Waals surface area (Å²) in [6, 6.07) is 3.37. The van der Waals surface area contributed by atoms with Crippen LogP contribution in [0.3, 0.4) is 0 Å². The molecule has 6 heteroatoms. The zero-order chi connectivity index (χ0) is 12.5. The molecule has 1 fully saturated rings. The van der Waals surface area contributed by atoms with Gasteiger partial charge in [-0.25, -0.2) is 8.42 Å². The van der Waals surface area contributed by atoms with Crippen LogP contribution in [0.5, 0.6) is 0 Å². The van der Waals surface area contributed by atoms with E-state index in [1.807, 2.05) is 6.92 Å². The second kappa shape index (κ2) is 5.06. The fourth-order valence-corrected chi connectivity index (χ4v) is 4.80. The number of hydrogen-bond donors (Lipinski definition) is 1. The Bertz CT molecular complexity index is 455. The molecule has 17 heavy (non-hydrogen) atoms. The largest absolute Gasteiger partial charge is 0.393 e. The first-order valence-electron chi connectivity index (χ1n) is 5.77. The first kappa shape index (κ1) is 13.0. The number of aliphatic hydroxyl groups excluding tert-OH is 1. The lowest BCUT2D eigenvalue weighted by molar-refractivity contribution is 0.0521. The summed E-state index contributed by atoms with van der Waals surface area (Å²) in [7, 11) is -3.34. The van der Waals surface area contributed by atoms with Gasteiger partial charge in [-0.05, 0) is 30.2 Å². The molecule has 0 radical (unpaired) electrons. The highest BCUT2D eigenvalue weighted by atomic mass is 32.2. The van der Waals surface area contributed by atoms with E-state index in [1.165, 1.54) is 15.6 Å². The maximum Gasteiger partial charge on any atom is 0.252 e. The minimum absolute atomic E-state index is 0.0542. The molecule has 2 heterocycles. The first-order valence-corrected chi connectivity index (χ1v) is 8.09. The van der Waals surface area contributed by atoms with Crippen LogP contribution in [0.15, 0.2) is 21.7 Å². The van der Waals surface area contributed by atoms with E-state index in [9.17, 15) is 13.5 Å². The summed E-state index contributed by atoms with van der Waals surface area (Å²) in [4.78, 5) is 0. The summed E-state index contributed by atoms with van der Waals surface area (Å²) in [6.07, 6.45) is 0.968. The second-order valence-corrected chi connectivity index (χ2v) is 7.43. The van der Waals surface area contributed by atoms with E-state index in [0.717, 1.165) is 6.42 Å². The van der Waals surface area contributed by atoms with E-state index < -0.39 is 10.0 Å². The van der Waals surface area contributed by atoms with Crippen molar-refractivity contribution in [1.29, 1.82) is 0 Å². The molecular formula is C11H17NO3S2. The zero-order valence-electron chi connectivity index (χ0n) is 9.74. The minimum atomic E-state index is -3.34. The average Bonchev–Trinajstić information content (AvgIpc) is 2.83. The fourth-order valence-electron chi connectivity index (χ4n) is 2.14. The van der Waals surface area contributed by atoms with Crippen molar-refractivity contribution in [3.05, 3.63) is 17.5 Å². The maximum absolute atomic E-state index is 12.3. The van der Waals surface area contributed by atoms with E-state index in [4.69, 9.17) is 0 Å². The molecule has 0 aliphatic carbocycles. The summed E-state index contributed by atoms with van der Waals surface area (Å²) in [6.45, 7) is 2.82. The topological polar surface area (TPSA) is 57.6 Å². The van der Waals surface area contributed by atoms with Crippen LogP contribution in [-0.4, -0.2) is 37.0 Å². The number of sulfonamides is 1. The standard InChI is InChI=1S/C11H17NO3S2/c1-2-9-8-12(6-5-10(9)13)17(14,15)11-4-3-7-16-11/h3-4,7,9-10,13H,2,5-6,8H2,1H3. The van der Waals surface area contributed by atoms with Gasteiger partial charge in [-0.3, -0.25) is 0 Å². The summed E-state index contributed by atoms with van der Waals surface area (Å²) in [5, 5.41) is 11.5. The number of piperidine rings is 1. The lowest BCUT2D eigenvalue weighted by atomic mass is 9.94. The molecule has 96 valence electrons. The van der Waals surface area contributed by atoms with Crippen LogP contribution in [0.25, 0.3) is 0 Å². The van der Waals surface area contributed by atoms with E-state index in [-0.39, 0.29) is 12.0 Å². The van der Waals surface area contributed by atoms with Crippen molar-refractivity contribution in [2.24, 2.45) is 5.92 Å². The number of rotatable bonds is 3. The minimum Gasteiger partial charge on any atom is -0.393 e. The lowest BCUT2D eigenvalue weighted by Gasteiger charge is -2.34. The molecule has 1 aromatic rings. The molecular weight excluding hydrogens is 258 g/mol. The molecule has 1 saturated heterocycles. The molecule has 1 aliphatic heterocycles. The highest BCUT2D eigenvalue weighted by molar-refractivity contribution is 7.91. The van der Waals surface area contributed by atoms with Crippen molar-refractivity contribution < 1.29 is 13.5 Å². The third kappa shape index (κ3) is 2.54. The monoisotopic (exact) mass is 275 g/mol. The maximum atomic E-state index is 12.3. The third-order valence-corrected chi connectivity index (χ3v) is 6.51. The molecule has 2 unspecified atom stereocenters. The molecule has 0 amide bonds. The second-order valence-electron chi connectivity index (χ2n) is 4.32. The molecule has 2 atom stereocenters. The van der Waals surface area contributed by atoms with Gasteiger partial charge in [0.2, 0.25) is 0 Å². The highest BCUT2D eigenvalue weighted by Gasteiger charge is 2.34. The Morgan fingerprint density at radius 1 is 1.59 bits per heavy atom. The molecule has 1 aromatic heterocycles. The molecule has 0 spiro atoms. The number of nitrogens with zero attached hydrogens (tertiary/aromatic N) is 1. The van der Waals surface area contributed by atoms with Gasteiger partial charge in [-0.1, -0.05) is 13.0 Å². The third-order valence-electron chi connectivity index (χ3n) is 3.27. The van der Waals surface area contributed by atoms with Crippen molar-refractivity contribution in [3.63, 3.8) is 0 Å². The van der Waals surface area contributed by atoms with Crippen LogP contribution in [0.4, 0.5) is 0 Å². The van der Waals surface area contributed by atoms with Gasteiger partial charge in [0.05, 0.1) is 6.10 Å². The molecule has 4 nitrogen and oxygen atoms in total. The molecule has 1 aliphatic rings. The average molecular weight is 275 g/mol. The van der Waals surface area contributed by atoms with E-state index in [1.54, 1.807) is 17.5 Å². The Morgan fingerprint density at radius 2 is 2.35 bits per heavy atom. The Kier molecular flexibility index (Phi) is 3.87. The van der Waals surface area contributed by atoms with Crippen molar-refractivity contribution in [1.82, 2.24) is 4.31 Å². The van der Waals surface area contributed by atoms with Crippen LogP contribution in [-0.2, 0) is 10.0 Å². The fraction of sp³-hybridized carbons (Fsp3) is 0.636. The van der Waals surface area contributed by atoms with E-state index in [0.29, 0.717) is 23.7 Å². The molecule has 1 N–H and O–H groups in total. The van der Waals surface area contributed by atoms with E-state index in [2.05, 4.69) is 0 Å². The Morgan fingerprint density at radius 3 is 2.94 bits per heavy atom. The van der Waals surface area contributed by atoms with Gasteiger partial charge in [0.25, 0.3) is 10.0 Å². The van der Waals surface area contributed by atoms with Gasteiger partial charge in [0.15, 0.2) is 0 Å². The van der Waals surface area contributed by atoms with E-state index >= 15 is 0 Å². The molecule has 0 bridgehead atoms.